The summed E-state index contributed by atoms with van der Waals surface area (Å²) in [6, 6.07) is 0.208. The minimum absolute atomic E-state index is 0.000992. The second kappa shape index (κ2) is 5.61. The Labute approximate surface area is 96.4 Å². The molecular weight excluding hydrogens is 208 g/mol. The van der Waals surface area contributed by atoms with E-state index in [4.69, 9.17) is 0 Å². The molecular formula is C11H22N2O3. The Balaban J connectivity index is 2.38. The van der Waals surface area contributed by atoms with Crippen molar-refractivity contribution < 1.29 is 15.0 Å². The third kappa shape index (κ3) is 3.73. The first kappa shape index (κ1) is 13.4. The third-order valence-corrected chi connectivity index (χ3v) is 3.05. The highest BCUT2D eigenvalue weighted by atomic mass is 16.3. The van der Waals surface area contributed by atoms with Crippen molar-refractivity contribution in [1.82, 2.24) is 10.2 Å². The van der Waals surface area contributed by atoms with E-state index in [9.17, 15) is 15.0 Å². The Hall–Kier alpha value is -0.650. The van der Waals surface area contributed by atoms with Crippen molar-refractivity contribution in [2.45, 2.75) is 26.3 Å². The van der Waals surface area contributed by atoms with Crippen molar-refractivity contribution in [2.75, 3.05) is 32.8 Å². The molecule has 0 aliphatic carbocycles. The molecule has 1 rings (SSSR count). The molecule has 0 saturated carbocycles. The molecule has 1 aliphatic heterocycles. The molecule has 5 heteroatoms. The first-order chi connectivity index (χ1) is 7.49. The van der Waals surface area contributed by atoms with Crippen LogP contribution in [0.2, 0.25) is 0 Å². The summed E-state index contributed by atoms with van der Waals surface area (Å²) >= 11 is 0. The van der Waals surface area contributed by atoms with Gasteiger partial charge in [0.2, 0.25) is 5.91 Å². The molecule has 3 N–H and O–H groups in total. The van der Waals surface area contributed by atoms with Crippen LogP contribution in [-0.4, -0.2) is 59.9 Å². The molecule has 1 amide bonds. The summed E-state index contributed by atoms with van der Waals surface area (Å²) in [6.45, 7) is 5.70. The number of aliphatic hydroxyl groups is 2. The van der Waals surface area contributed by atoms with Crippen molar-refractivity contribution in [3.05, 3.63) is 0 Å². The molecule has 0 radical (unpaired) electrons. The molecule has 1 heterocycles. The lowest BCUT2D eigenvalue weighted by Crippen LogP contribution is -2.42. The molecule has 0 aromatic heterocycles. The Morgan fingerprint density at radius 2 is 2.12 bits per heavy atom. The van der Waals surface area contributed by atoms with Crippen molar-refractivity contribution in [3.8, 4) is 0 Å². The van der Waals surface area contributed by atoms with E-state index in [1.54, 1.807) is 0 Å². The van der Waals surface area contributed by atoms with Gasteiger partial charge < -0.3 is 20.4 Å². The summed E-state index contributed by atoms with van der Waals surface area (Å²) in [5, 5.41) is 21.3. The number of likely N-dealkylation sites (tertiary alicyclic amines) is 1. The van der Waals surface area contributed by atoms with Crippen LogP contribution in [0.5, 0.6) is 0 Å². The zero-order chi connectivity index (χ0) is 12.2. The summed E-state index contributed by atoms with van der Waals surface area (Å²) in [5.74, 6) is -0.000992. The predicted octanol–water partition coefficient (Wildman–Crippen LogP) is -0.812. The molecule has 1 unspecified atom stereocenters. The van der Waals surface area contributed by atoms with Crippen LogP contribution in [0.15, 0.2) is 0 Å². The molecule has 0 aromatic carbocycles. The Morgan fingerprint density at radius 3 is 2.62 bits per heavy atom. The van der Waals surface area contributed by atoms with Crippen molar-refractivity contribution in [3.63, 3.8) is 0 Å². The van der Waals surface area contributed by atoms with E-state index in [-0.39, 0.29) is 25.2 Å². The molecule has 0 bridgehead atoms. The molecule has 1 atom stereocenters. The minimum atomic E-state index is -0.453. The summed E-state index contributed by atoms with van der Waals surface area (Å²) in [7, 11) is 0. The number of rotatable bonds is 5. The standard InChI is InChI=1S/C11H22N2O3/c1-9(16)12-10-3-4-13(5-10)6-11(2,7-14)8-15/h10,14-15H,3-8H2,1-2H3,(H,12,16). The number of carbonyl (C=O) groups is 1. The molecule has 1 saturated heterocycles. The molecule has 5 nitrogen and oxygen atoms in total. The number of nitrogens with zero attached hydrogens (tertiary/aromatic N) is 1. The number of amides is 1. The minimum Gasteiger partial charge on any atom is -0.396 e. The second-order valence-electron chi connectivity index (χ2n) is 5.05. The summed E-state index contributed by atoms with van der Waals surface area (Å²) in [5.41, 5.74) is -0.453. The van der Waals surface area contributed by atoms with Gasteiger partial charge in [-0.2, -0.15) is 0 Å². The second-order valence-corrected chi connectivity index (χ2v) is 5.05. The number of carbonyl (C=O) groups excluding carboxylic acids is 1. The largest absolute Gasteiger partial charge is 0.396 e. The number of hydrogen-bond donors (Lipinski definition) is 3. The predicted molar refractivity (Wildman–Crippen MR) is 60.9 cm³/mol. The van der Waals surface area contributed by atoms with E-state index < -0.39 is 5.41 Å². The summed E-state index contributed by atoms with van der Waals surface area (Å²) in [6.07, 6.45) is 0.937. The highest BCUT2D eigenvalue weighted by Crippen LogP contribution is 2.19. The SMILES string of the molecule is CC(=O)NC1CCN(CC(C)(CO)CO)C1. The van der Waals surface area contributed by atoms with Crippen molar-refractivity contribution in [2.24, 2.45) is 5.41 Å². The molecule has 94 valence electrons. The summed E-state index contributed by atoms with van der Waals surface area (Å²) < 4.78 is 0. The Bertz CT molecular complexity index is 241. The fraction of sp³-hybridized carbons (Fsp3) is 0.909. The van der Waals surface area contributed by atoms with Crippen LogP contribution < -0.4 is 5.32 Å². The average molecular weight is 230 g/mol. The van der Waals surface area contributed by atoms with Crippen molar-refractivity contribution in [1.29, 1.82) is 0 Å². The van der Waals surface area contributed by atoms with Crippen LogP contribution in [0.3, 0.4) is 0 Å². The van der Waals surface area contributed by atoms with E-state index in [0.29, 0.717) is 6.54 Å². The molecule has 1 aliphatic rings. The van der Waals surface area contributed by atoms with Crippen LogP contribution >= 0.6 is 0 Å². The maximum absolute atomic E-state index is 10.9. The Kier molecular flexibility index (Phi) is 4.70. The topological polar surface area (TPSA) is 72.8 Å². The summed E-state index contributed by atoms with van der Waals surface area (Å²) in [4.78, 5) is 13.1. The van der Waals surface area contributed by atoms with E-state index in [2.05, 4.69) is 10.2 Å². The van der Waals surface area contributed by atoms with Gasteiger partial charge in [-0.15, -0.1) is 0 Å². The van der Waals surface area contributed by atoms with Gasteiger partial charge in [0.05, 0.1) is 13.2 Å². The normalized spacial score (nSPS) is 22.4. The van der Waals surface area contributed by atoms with Gasteiger partial charge in [0, 0.05) is 38.0 Å². The molecule has 0 spiro atoms. The van der Waals surface area contributed by atoms with Gasteiger partial charge >= 0.3 is 0 Å². The number of hydrogen-bond acceptors (Lipinski definition) is 4. The van der Waals surface area contributed by atoms with E-state index >= 15 is 0 Å². The lowest BCUT2D eigenvalue weighted by molar-refractivity contribution is -0.119. The molecule has 16 heavy (non-hydrogen) atoms. The lowest BCUT2D eigenvalue weighted by atomic mass is 9.92. The van der Waals surface area contributed by atoms with Crippen molar-refractivity contribution >= 4 is 5.91 Å². The highest BCUT2D eigenvalue weighted by Gasteiger charge is 2.30. The van der Waals surface area contributed by atoms with Gasteiger partial charge in [0.25, 0.3) is 0 Å². The van der Waals surface area contributed by atoms with Gasteiger partial charge in [0.1, 0.15) is 0 Å². The van der Waals surface area contributed by atoms with Gasteiger partial charge in [-0.3, -0.25) is 4.79 Å². The number of nitrogens with one attached hydrogen (secondary N) is 1. The van der Waals surface area contributed by atoms with Gasteiger partial charge in [-0.1, -0.05) is 6.92 Å². The zero-order valence-corrected chi connectivity index (χ0v) is 10.1. The first-order valence-corrected chi connectivity index (χ1v) is 5.70. The molecule has 1 fully saturated rings. The van der Waals surface area contributed by atoms with E-state index in [1.165, 1.54) is 6.92 Å². The van der Waals surface area contributed by atoms with Crippen LogP contribution in [-0.2, 0) is 4.79 Å². The van der Waals surface area contributed by atoms with Crippen LogP contribution in [0.1, 0.15) is 20.3 Å². The smallest absolute Gasteiger partial charge is 0.217 e. The van der Waals surface area contributed by atoms with Crippen LogP contribution in [0.4, 0.5) is 0 Å². The first-order valence-electron chi connectivity index (χ1n) is 5.70. The lowest BCUT2D eigenvalue weighted by Gasteiger charge is -2.30. The average Bonchev–Trinajstić information content (AvgIpc) is 2.64. The number of aliphatic hydroxyl groups excluding tert-OH is 2. The maximum Gasteiger partial charge on any atom is 0.217 e. The fourth-order valence-corrected chi connectivity index (χ4v) is 2.07. The maximum atomic E-state index is 10.9. The quantitative estimate of drug-likeness (QED) is 0.577. The zero-order valence-electron chi connectivity index (χ0n) is 10.1. The highest BCUT2D eigenvalue weighted by molar-refractivity contribution is 5.73. The van der Waals surface area contributed by atoms with Crippen LogP contribution in [0.25, 0.3) is 0 Å². The van der Waals surface area contributed by atoms with Gasteiger partial charge in [-0.05, 0) is 6.42 Å². The van der Waals surface area contributed by atoms with Gasteiger partial charge in [0.15, 0.2) is 0 Å². The monoisotopic (exact) mass is 230 g/mol. The fourth-order valence-electron chi connectivity index (χ4n) is 2.07. The molecule has 0 aromatic rings. The van der Waals surface area contributed by atoms with E-state index in [1.807, 2.05) is 6.92 Å². The Morgan fingerprint density at radius 1 is 1.50 bits per heavy atom. The van der Waals surface area contributed by atoms with Gasteiger partial charge in [-0.25, -0.2) is 0 Å². The van der Waals surface area contributed by atoms with E-state index in [0.717, 1.165) is 19.5 Å². The van der Waals surface area contributed by atoms with Crippen LogP contribution in [0, 0.1) is 5.41 Å². The third-order valence-electron chi connectivity index (χ3n) is 3.05.